The van der Waals surface area contributed by atoms with Gasteiger partial charge in [0.15, 0.2) is 5.58 Å². The molecule has 0 fully saturated rings. The molecule has 1 aromatic carbocycles. The Balaban J connectivity index is 2.60. The Morgan fingerprint density at radius 1 is 1.39 bits per heavy atom. The van der Waals surface area contributed by atoms with Gasteiger partial charge in [-0.1, -0.05) is 5.92 Å². The molecule has 3 nitrogen and oxygen atoms in total. The van der Waals surface area contributed by atoms with E-state index in [1.54, 1.807) is 0 Å². The monoisotopic (exact) mass is 367 g/mol. The lowest BCUT2D eigenvalue weighted by Gasteiger charge is -2.05. The molecule has 0 N–H and O–H groups in total. The highest BCUT2D eigenvalue weighted by molar-refractivity contribution is 14.1. The summed E-state index contributed by atoms with van der Waals surface area (Å²) in [6, 6.07) is 2.92. The fraction of sp³-hybridized carbons (Fsp3) is 0.182. The minimum atomic E-state index is -4.46. The number of fused-ring (bicyclic) bond motifs is 1. The first-order chi connectivity index (χ1) is 8.43. The van der Waals surface area contributed by atoms with Gasteiger partial charge in [0.25, 0.3) is 0 Å². The summed E-state index contributed by atoms with van der Waals surface area (Å²) >= 11 is 1.81. The maximum atomic E-state index is 12.5. The van der Waals surface area contributed by atoms with Crippen molar-refractivity contribution in [1.82, 2.24) is 4.57 Å². The van der Waals surface area contributed by atoms with Gasteiger partial charge in [-0.05, 0) is 22.1 Å². The molecule has 0 unspecified atom stereocenters. The van der Waals surface area contributed by atoms with Crippen LogP contribution in [0.5, 0.6) is 0 Å². The van der Waals surface area contributed by atoms with Crippen LogP contribution in [0.1, 0.15) is 5.56 Å². The van der Waals surface area contributed by atoms with Gasteiger partial charge >= 0.3 is 11.9 Å². The number of rotatable bonds is 1. The predicted molar refractivity (Wildman–Crippen MR) is 67.3 cm³/mol. The highest BCUT2D eigenvalue weighted by Crippen LogP contribution is 2.31. The molecule has 1 heterocycles. The largest absolute Gasteiger partial charge is 0.420 e. The second kappa shape index (κ2) is 4.68. The van der Waals surface area contributed by atoms with Crippen LogP contribution in [0, 0.1) is 9.85 Å². The van der Waals surface area contributed by atoms with Crippen LogP contribution >= 0.6 is 22.6 Å². The van der Waals surface area contributed by atoms with Crippen molar-refractivity contribution in [2.45, 2.75) is 12.7 Å². The highest BCUT2D eigenvalue weighted by Gasteiger charge is 2.31. The molecular formula is C11H5F3INO2. The van der Waals surface area contributed by atoms with Crippen molar-refractivity contribution in [2.75, 3.05) is 0 Å². The SMILES string of the molecule is O=c1oc2cc(C(F)(F)F)ccc2n1CC#CI. The van der Waals surface area contributed by atoms with E-state index in [2.05, 4.69) is 9.85 Å². The fourth-order valence-corrected chi connectivity index (χ4v) is 1.67. The van der Waals surface area contributed by atoms with Gasteiger partial charge in [-0.3, -0.25) is 4.57 Å². The molecule has 0 aliphatic heterocycles. The summed E-state index contributed by atoms with van der Waals surface area (Å²) in [5.74, 6) is 1.93. The van der Waals surface area contributed by atoms with E-state index in [4.69, 9.17) is 4.42 Å². The van der Waals surface area contributed by atoms with E-state index in [0.717, 1.165) is 12.1 Å². The summed E-state index contributed by atoms with van der Waals surface area (Å²) in [6.45, 7) is 0.0835. The van der Waals surface area contributed by atoms with Crippen LogP contribution in [0.15, 0.2) is 27.4 Å². The summed E-state index contributed by atoms with van der Waals surface area (Å²) in [5.41, 5.74) is -0.645. The number of hydrogen-bond donors (Lipinski definition) is 0. The molecule has 94 valence electrons. The Kier molecular flexibility index (Phi) is 3.38. The number of benzene rings is 1. The van der Waals surface area contributed by atoms with E-state index >= 15 is 0 Å². The average Bonchev–Trinajstić information content (AvgIpc) is 2.60. The summed E-state index contributed by atoms with van der Waals surface area (Å²) in [6.07, 6.45) is -4.46. The third-order valence-corrected chi connectivity index (χ3v) is 2.68. The summed E-state index contributed by atoms with van der Waals surface area (Å²) in [7, 11) is 0. The molecule has 0 saturated heterocycles. The zero-order valence-electron chi connectivity index (χ0n) is 8.71. The van der Waals surface area contributed by atoms with Gasteiger partial charge in [0.1, 0.15) is 0 Å². The molecule has 0 bridgehead atoms. The van der Waals surface area contributed by atoms with Gasteiger partial charge in [0.2, 0.25) is 0 Å². The fourth-order valence-electron chi connectivity index (χ4n) is 1.50. The smallest absolute Gasteiger partial charge is 0.408 e. The van der Waals surface area contributed by atoms with E-state index in [9.17, 15) is 18.0 Å². The minimum Gasteiger partial charge on any atom is -0.408 e. The van der Waals surface area contributed by atoms with Crippen LogP contribution in [0.25, 0.3) is 11.1 Å². The van der Waals surface area contributed by atoms with Crippen molar-refractivity contribution in [3.05, 3.63) is 34.3 Å². The van der Waals surface area contributed by atoms with Crippen molar-refractivity contribution >= 4 is 33.7 Å². The third-order valence-electron chi connectivity index (χ3n) is 2.30. The lowest BCUT2D eigenvalue weighted by atomic mass is 10.2. The first kappa shape index (κ1) is 13.0. The summed E-state index contributed by atoms with van der Waals surface area (Å²) in [4.78, 5) is 11.5. The van der Waals surface area contributed by atoms with Crippen LogP contribution in [0.4, 0.5) is 13.2 Å². The number of halogens is 4. The molecule has 1 aromatic heterocycles. The van der Waals surface area contributed by atoms with E-state index < -0.39 is 17.5 Å². The lowest BCUT2D eigenvalue weighted by molar-refractivity contribution is -0.137. The van der Waals surface area contributed by atoms with E-state index in [0.29, 0.717) is 5.52 Å². The number of alkyl halides is 3. The first-order valence-corrected chi connectivity index (χ1v) is 5.80. The number of aromatic nitrogens is 1. The Morgan fingerprint density at radius 2 is 2.11 bits per heavy atom. The molecule has 0 radical (unpaired) electrons. The van der Waals surface area contributed by atoms with Crippen LogP contribution in [0.2, 0.25) is 0 Å². The molecular weight excluding hydrogens is 362 g/mol. The van der Waals surface area contributed by atoms with E-state index in [1.165, 1.54) is 10.6 Å². The maximum absolute atomic E-state index is 12.5. The van der Waals surface area contributed by atoms with Gasteiger partial charge in [0, 0.05) is 22.6 Å². The van der Waals surface area contributed by atoms with Crippen molar-refractivity contribution in [2.24, 2.45) is 0 Å². The van der Waals surface area contributed by atoms with Crippen LogP contribution in [-0.4, -0.2) is 4.57 Å². The molecule has 0 atom stereocenters. The van der Waals surface area contributed by atoms with Crippen LogP contribution < -0.4 is 5.76 Å². The zero-order valence-corrected chi connectivity index (χ0v) is 10.9. The van der Waals surface area contributed by atoms with Crippen molar-refractivity contribution in [3.8, 4) is 9.85 Å². The van der Waals surface area contributed by atoms with Gasteiger partial charge in [-0.2, -0.15) is 13.2 Å². The Morgan fingerprint density at radius 3 is 2.72 bits per heavy atom. The second-order valence-corrected chi connectivity index (χ2v) is 3.95. The van der Waals surface area contributed by atoms with Gasteiger partial charge in [0.05, 0.1) is 17.6 Å². The molecule has 7 heteroatoms. The second-order valence-electron chi connectivity index (χ2n) is 3.41. The Hall–Kier alpha value is -1.43. The van der Waals surface area contributed by atoms with Crippen LogP contribution in [0.3, 0.4) is 0 Å². The first-order valence-electron chi connectivity index (χ1n) is 4.72. The molecule has 0 aliphatic rings. The quantitative estimate of drug-likeness (QED) is 0.574. The highest BCUT2D eigenvalue weighted by atomic mass is 127. The zero-order chi connectivity index (χ0) is 13.3. The van der Waals surface area contributed by atoms with Crippen molar-refractivity contribution in [3.63, 3.8) is 0 Å². The molecule has 2 rings (SSSR count). The summed E-state index contributed by atoms with van der Waals surface area (Å²) < 4.78 is 46.0. The van der Waals surface area contributed by atoms with Crippen molar-refractivity contribution in [1.29, 1.82) is 0 Å². The van der Waals surface area contributed by atoms with Gasteiger partial charge in [-0.25, -0.2) is 4.79 Å². The Labute approximate surface area is 113 Å². The molecule has 18 heavy (non-hydrogen) atoms. The molecule has 0 saturated carbocycles. The minimum absolute atomic E-state index is 0.0835. The number of nitrogens with zero attached hydrogens (tertiary/aromatic N) is 1. The standard InChI is InChI=1S/C11H5F3INO2/c12-11(13,14)7-2-3-8-9(6-7)18-10(17)16(8)5-1-4-15/h2-3,6H,5H2. The van der Waals surface area contributed by atoms with Gasteiger partial charge < -0.3 is 4.42 Å². The number of oxazole rings is 1. The third kappa shape index (κ3) is 2.38. The van der Waals surface area contributed by atoms with E-state index in [1.807, 2.05) is 22.6 Å². The molecule has 0 aliphatic carbocycles. The molecule has 0 spiro atoms. The normalized spacial score (nSPS) is 11.3. The summed E-state index contributed by atoms with van der Waals surface area (Å²) in [5, 5.41) is 0. The maximum Gasteiger partial charge on any atom is 0.420 e. The lowest BCUT2D eigenvalue weighted by Crippen LogP contribution is -2.13. The predicted octanol–water partition coefficient (Wildman–Crippen LogP) is 3.01. The number of hydrogen-bond acceptors (Lipinski definition) is 2. The average molecular weight is 367 g/mol. The molecule has 0 amide bonds. The van der Waals surface area contributed by atoms with Crippen molar-refractivity contribution < 1.29 is 17.6 Å². The topological polar surface area (TPSA) is 35.1 Å². The molecule has 2 aromatic rings. The van der Waals surface area contributed by atoms with Crippen LogP contribution in [-0.2, 0) is 12.7 Å². The van der Waals surface area contributed by atoms with Gasteiger partial charge in [-0.15, -0.1) is 0 Å². The Bertz CT molecular complexity index is 703. The van der Waals surface area contributed by atoms with E-state index in [-0.39, 0.29) is 12.1 Å².